The summed E-state index contributed by atoms with van der Waals surface area (Å²) in [6.07, 6.45) is 2.14. The molecule has 0 spiro atoms. The molecule has 70 valence electrons. The minimum Gasteiger partial charge on any atom is -0.508 e. The summed E-state index contributed by atoms with van der Waals surface area (Å²) >= 11 is 0. The number of aryl methyl sites for hydroxylation is 1. The largest absolute Gasteiger partial charge is 0.508 e. The first-order valence-electron chi connectivity index (χ1n) is 4.51. The lowest BCUT2D eigenvalue weighted by atomic mass is 10.0. The molecule has 13 heavy (non-hydrogen) atoms. The van der Waals surface area contributed by atoms with Gasteiger partial charge in [-0.3, -0.25) is 0 Å². The number of phenolic OH excluding ortho intramolecular Hbond substituents is 1. The molecule has 3 nitrogen and oxygen atoms in total. The maximum absolute atomic E-state index is 9.36. The Morgan fingerprint density at radius 2 is 2.23 bits per heavy atom. The number of aromatic hydroxyl groups is 1. The number of hydrogen-bond acceptors (Lipinski definition) is 3. The van der Waals surface area contributed by atoms with Crippen molar-refractivity contribution in [3.63, 3.8) is 0 Å². The van der Waals surface area contributed by atoms with Crippen molar-refractivity contribution >= 4 is 11.4 Å². The van der Waals surface area contributed by atoms with Gasteiger partial charge in [0, 0.05) is 19.7 Å². The summed E-state index contributed by atoms with van der Waals surface area (Å²) in [5.74, 6) is 0.270. The molecule has 1 aromatic carbocycles. The minimum atomic E-state index is 0.270. The number of benzene rings is 1. The van der Waals surface area contributed by atoms with Gasteiger partial charge in [0.1, 0.15) is 5.75 Å². The summed E-state index contributed by atoms with van der Waals surface area (Å²) in [5.41, 5.74) is 8.75. The second-order valence-electron chi connectivity index (χ2n) is 3.57. The van der Waals surface area contributed by atoms with E-state index in [1.807, 2.05) is 7.05 Å². The normalized spacial score (nSPS) is 15.6. The SMILES string of the molecule is CN1CCCc2cc(O)cc(N)c21. The van der Waals surface area contributed by atoms with Crippen LogP contribution in [0, 0.1) is 0 Å². The third-order valence-corrected chi connectivity index (χ3v) is 2.52. The van der Waals surface area contributed by atoms with Gasteiger partial charge in [-0.05, 0) is 24.5 Å². The molecule has 3 heteroatoms. The molecule has 0 bridgehead atoms. The van der Waals surface area contributed by atoms with Crippen molar-refractivity contribution in [1.29, 1.82) is 0 Å². The quantitative estimate of drug-likeness (QED) is 0.590. The Balaban J connectivity index is 2.56. The molecule has 0 saturated heterocycles. The Hall–Kier alpha value is -1.38. The highest BCUT2D eigenvalue weighted by atomic mass is 16.3. The average molecular weight is 178 g/mol. The number of anilines is 2. The van der Waals surface area contributed by atoms with Gasteiger partial charge in [-0.25, -0.2) is 0 Å². The van der Waals surface area contributed by atoms with Crippen LogP contribution in [0.15, 0.2) is 12.1 Å². The van der Waals surface area contributed by atoms with Gasteiger partial charge in [0.05, 0.1) is 11.4 Å². The van der Waals surface area contributed by atoms with Gasteiger partial charge >= 0.3 is 0 Å². The lowest BCUT2D eigenvalue weighted by Crippen LogP contribution is -2.25. The van der Waals surface area contributed by atoms with Gasteiger partial charge in [0.2, 0.25) is 0 Å². The van der Waals surface area contributed by atoms with Crippen LogP contribution in [0.3, 0.4) is 0 Å². The van der Waals surface area contributed by atoms with E-state index in [0.29, 0.717) is 5.69 Å². The first-order valence-corrected chi connectivity index (χ1v) is 4.51. The summed E-state index contributed by atoms with van der Waals surface area (Å²) < 4.78 is 0. The van der Waals surface area contributed by atoms with E-state index in [4.69, 9.17) is 5.73 Å². The Kier molecular flexibility index (Phi) is 1.79. The predicted molar refractivity (Wildman–Crippen MR) is 54.1 cm³/mol. The molecule has 0 atom stereocenters. The molecule has 0 aromatic heterocycles. The van der Waals surface area contributed by atoms with Gasteiger partial charge in [0.15, 0.2) is 0 Å². The number of nitrogens with zero attached hydrogens (tertiary/aromatic N) is 1. The zero-order valence-corrected chi connectivity index (χ0v) is 7.75. The molecule has 1 aliphatic rings. The van der Waals surface area contributed by atoms with Crippen LogP contribution in [0.1, 0.15) is 12.0 Å². The molecule has 0 fully saturated rings. The molecular weight excluding hydrogens is 164 g/mol. The third-order valence-electron chi connectivity index (χ3n) is 2.52. The van der Waals surface area contributed by atoms with Crippen LogP contribution in [-0.4, -0.2) is 18.7 Å². The van der Waals surface area contributed by atoms with Crippen LogP contribution in [0.25, 0.3) is 0 Å². The molecule has 0 radical (unpaired) electrons. The van der Waals surface area contributed by atoms with Gasteiger partial charge in [-0.2, -0.15) is 0 Å². The fraction of sp³-hybridized carbons (Fsp3) is 0.400. The zero-order valence-electron chi connectivity index (χ0n) is 7.75. The smallest absolute Gasteiger partial charge is 0.118 e. The van der Waals surface area contributed by atoms with E-state index < -0.39 is 0 Å². The lowest BCUT2D eigenvalue weighted by molar-refractivity contribution is 0.474. The van der Waals surface area contributed by atoms with Crippen molar-refractivity contribution in [1.82, 2.24) is 0 Å². The first-order chi connectivity index (χ1) is 6.18. The van der Waals surface area contributed by atoms with Gasteiger partial charge in [0.25, 0.3) is 0 Å². The van der Waals surface area contributed by atoms with E-state index in [1.54, 1.807) is 12.1 Å². The highest BCUT2D eigenvalue weighted by Gasteiger charge is 2.16. The fourth-order valence-corrected chi connectivity index (χ4v) is 1.98. The maximum Gasteiger partial charge on any atom is 0.118 e. The number of rotatable bonds is 0. The van der Waals surface area contributed by atoms with Crippen LogP contribution in [0.5, 0.6) is 5.75 Å². The lowest BCUT2D eigenvalue weighted by Gasteiger charge is -2.28. The number of nitrogen functional groups attached to an aromatic ring is 1. The standard InChI is InChI=1S/C10H14N2O/c1-12-4-2-3-7-5-8(13)6-9(11)10(7)12/h5-6,13H,2-4,11H2,1H3. The van der Waals surface area contributed by atoms with Crippen molar-refractivity contribution < 1.29 is 5.11 Å². The van der Waals surface area contributed by atoms with E-state index in [1.165, 1.54) is 0 Å². The summed E-state index contributed by atoms with van der Waals surface area (Å²) in [6, 6.07) is 3.42. The predicted octanol–water partition coefficient (Wildman–Crippen LogP) is 1.36. The Bertz CT molecular complexity index is 336. The van der Waals surface area contributed by atoms with Crippen molar-refractivity contribution in [3.05, 3.63) is 17.7 Å². The Morgan fingerprint density at radius 1 is 1.46 bits per heavy atom. The molecule has 2 rings (SSSR count). The maximum atomic E-state index is 9.36. The highest BCUT2D eigenvalue weighted by molar-refractivity contribution is 5.74. The highest BCUT2D eigenvalue weighted by Crippen LogP contribution is 2.34. The van der Waals surface area contributed by atoms with Crippen LogP contribution in [-0.2, 0) is 6.42 Å². The van der Waals surface area contributed by atoms with E-state index in [9.17, 15) is 5.11 Å². The van der Waals surface area contributed by atoms with Crippen LogP contribution >= 0.6 is 0 Å². The molecule has 1 aromatic rings. The van der Waals surface area contributed by atoms with Gasteiger partial charge < -0.3 is 15.7 Å². The zero-order chi connectivity index (χ0) is 9.42. The molecule has 1 heterocycles. The molecular formula is C10H14N2O. The summed E-state index contributed by atoms with van der Waals surface area (Å²) in [6.45, 7) is 1.04. The number of nitrogens with two attached hydrogens (primary N) is 1. The van der Waals surface area contributed by atoms with E-state index in [0.717, 1.165) is 30.6 Å². The molecule has 0 aliphatic carbocycles. The number of hydrogen-bond donors (Lipinski definition) is 2. The van der Waals surface area contributed by atoms with E-state index in [-0.39, 0.29) is 5.75 Å². The van der Waals surface area contributed by atoms with Gasteiger partial charge in [-0.15, -0.1) is 0 Å². The first kappa shape index (κ1) is 8.23. The minimum absolute atomic E-state index is 0.270. The topological polar surface area (TPSA) is 49.5 Å². The number of fused-ring (bicyclic) bond motifs is 1. The second kappa shape index (κ2) is 2.83. The average Bonchev–Trinajstić information content (AvgIpc) is 2.02. The van der Waals surface area contributed by atoms with Crippen LogP contribution in [0.2, 0.25) is 0 Å². The molecule has 0 amide bonds. The van der Waals surface area contributed by atoms with Gasteiger partial charge in [-0.1, -0.05) is 0 Å². The monoisotopic (exact) mass is 178 g/mol. The Labute approximate surface area is 77.8 Å². The van der Waals surface area contributed by atoms with Crippen LogP contribution in [0.4, 0.5) is 11.4 Å². The molecule has 3 N–H and O–H groups in total. The summed E-state index contributed by atoms with van der Waals surface area (Å²) in [7, 11) is 2.03. The second-order valence-corrected chi connectivity index (χ2v) is 3.57. The van der Waals surface area contributed by atoms with Crippen molar-refractivity contribution in [2.24, 2.45) is 0 Å². The third kappa shape index (κ3) is 1.30. The summed E-state index contributed by atoms with van der Waals surface area (Å²) in [4.78, 5) is 2.15. The van der Waals surface area contributed by atoms with Crippen molar-refractivity contribution in [3.8, 4) is 5.75 Å². The van der Waals surface area contributed by atoms with Crippen LogP contribution < -0.4 is 10.6 Å². The summed E-state index contributed by atoms with van der Waals surface area (Å²) in [5, 5.41) is 9.36. The molecule has 0 unspecified atom stereocenters. The van der Waals surface area contributed by atoms with Crippen molar-refractivity contribution in [2.45, 2.75) is 12.8 Å². The van der Waals surface area contributed by atoms with Crippen molar-refractivity contribution in [2.75, 3.05) is 24.2 Å². The number of phenols is 1. The van der Waals surface area contributed by atoms with E-state index >= 15 is 0 Å². The fourth-order valence-electron chi connectivity index (χ4n) is 1.98. The molecule has 0 saturated carbocycles. The van der Waals surface area contributed by atoms with E-state index in [2.05, 4.69) is 4.90 Å². The molecule has 1 aliphatic heterocycles. The Morgan fingerprint density at radius 3 is 3.00 bits per heavy atom.